The molecule has 0 amide bonds. The van der Waals surface area contributed by atoms with Gasteiger partial charge in [-0.25, -0.2) is 0 Å². The molecule has 0 aromatic rings. The van der Waals surface area contributed by atoms with Crippen molar-refractivity contribution in [3.63, 3.8) is 0 Å². The zero-order chi connectivity index (χ0) is 16.9. The monoisotopic (exact) mass is 334 g/mol. The first kappa shape index (κ1) is 19.0. The lowest BCUT2D eigenvalue weighted by Crippen LogP contribution is -2.35. The molecule has 3 unspecified atom stereocenters. The Morgan fingerprint density at radius 1 is 0.957 bits per heavy atom. The predicted molar refractivity (Wildman–Crippen MR) is 105 cm³/mol. The van der Waals surface area contributed by atoms with Gasteiger partial charge in [0, 0.05) is 6.61 Å². The Bertz CT molecular complexity index is 416. The van der Waals surface area contributed by atoms with Gasteiger partial charge in [0.2, 0.25) is 0 Å². The molecule has 0 spiro atoms. The summed E-state index contributed by atoms with van der Waals surface area (Å²) >= 11 is 0. The Hall–Kier alpha value is -0.343. The molecular formula is C21H38OSi. The second kappa shape index (κ2) is 8.16. The molecule has 132 valence electrons. The molecule has 0 aromatic carbocycles. The highest BCUT2D eigenvalue weighted by Crippen LogP contribution is 2.50. The first-order valence-corrected chi connectivity index (χ1v) is 13.1. The summed E-state index contributed by atoms with van der Waals surface area (Å²) in [5.41, 5.74) is 1.04. The highest BCUT2D eigenvalue weighted by molar-refractivity contribution is 6.79. The largest absolute Gasteiger partial charge is 0.376 e. The van der Waals surface area contributed by atoms with Crippen LogP contribution in [-0.4, -0.2) is 20.3 Å². The second-order valence-corrected chi connectivity index (χ2v) is 14.5. The van der Waals surface area contributed by atoms with Crippen LogP contribution in [0.4, 0.5) is 0 Å². The Kier molecular flexibility index (Phi) is 6.73. The highest BCUT2D eigenvalue weighted by atomic mass is 28.3. The van der Waals surface area contributed by atoms with Gasteiger partial charge in [-0.05, 0) is 51.0 Å². The van der Waals surface area contributed by atoms with Crippen molar-refractivity contribution in [3.8, 4) is 0 Å². The Labute approximate surface area is 145 Å². The normalized spacial score (nSPS) is 27.4. The zero-order valence-corrected chi connectivity index (χ0v) is 17.1. The lowest BCUT2D eigenvalue weighted by molar-refractivity contribution is -0.00471. The maximum atomic E-state index is 5.81. The van der Waals surface area contributed by atoms with E-state index in [0.717, 1.165) is 24.0 Å². The number of fused-ring (bicyclic) bond motifs is 1. The Morgan fingerprint density at radius 3 is 2.39 bits per heavy atom. The summed E-state index contributed by atoms with van der Waals surface area (Å²) in [6.07, 6.45) is 17.8. The van der Waals surface area contributed by atoms with E-state index >= 15 is 0 Å². The van der Waals surface area contributed by atoms with Gasteiger partial charge in [-0.3, -0.25) is 0 Å². The van der Waals surface area contributed by atoms with Gasteiger partial charge in [-0.15, -0.1) is 0 Å². The quantitative estimate of drug-likeness (QED) is 0.359. The molecule has 1 saturated carbocycles. The lowest BCUT2D eigenvalue weighted by Gasteiger charge is -2.35. The van der Waals surface area contributed by atoms with Crippen LogP contribution in [0.3, 0.4) is 0 Å². The van der Waals surface area contributed by atoms with Crippen LogP contribution in [0.25, 0.3) is 0 Å². The summed E-state index contributed by atoms with van der Waals surface area (Å²) in [4.78, 5) is 0. The molecule has 1 fully saturated rings. The van der Waals surface area contributed by atoms with Gasteiger partial charge in [0.1, 0.15) is 0 Å². The van der Waals surface area contributed by atoms with Crippen LogP contribution < -0.4 is 0 Å². The average molecular weight is 335 g/mol. The third-order valence-corrected chi connectivity index (χ3v) is 10.2. The van der Waals surface area contributed by atoms with Crippen LogP contribution in [0.1, 0.15) is 59.3 Å². The van der Waals surface area contributed by atoms with Crippen LogP contribution in [0.5, 0.6) is 0 Å². The Balaban J connectivity index is 1.65. The summed E-state index contributed by atoms with van der Waals surface area (Å²) in [6.45, 7) is 12.7. The van der Waals surface area contributed by atoms with Crippen molar-refractivity contribution in [2.24, 2.45) is 11.8 Å². The van der Waals surface area contributed by atoms with E-state index in [1.54, 1.807) is 0 Å². The molecule has 2 aliphatic rings. The van der Waals surface area contributed by atoms with Crippen molar-refractivity contribution in [1.82, 2.24) is 0 Å². The number of ether oxygens (including phenoxy) is 1. The number of rotatable bonds is 8. The topological polar surface area (TPSA) is 9.23 Å². The van der Waals surface area contributed by atoms with Gasteiger partial charge in [0.25, 0.3) is 0 Å². The van der Waals surface area contributed by atoms with Gasteiger partial charge in [-0.2, -0.15) is 0 Å². The summed E-state index contributed by atoms with van der Waals surface area (Å²) in [5.74, 6) is 1.72. The molecule has 0 aromatic heterocycles. The summed E-state index contributed by atoms with van der Waals surface area (Å²) in [5, 5.41) is 0. The molecule has 23 heavy (non-hydrogen) atoms. The zero-order valence-electron chi connectivity index (χ0n) is 16.1. The van der Waals surface area contributed by atoms with Crippen LogP contribution in [0, 0.1) is 11.8 Å². The summed E-state index contributed by atoms with van der Waals surface area (Å²) < 4.78 is 5.81. The van der Waals surface area contributed by atoms with E-state index in [9.17, 15) is 0 Å². The van der Waals surface area contributed by atoms with Crippen molar-refractivity contribution in [2.75, 3.05) is 6.61 Å². The standard InChI is InChI=1S/C21H38OSi/c1-21(2,3)22-16-10-6-7-11-17-23(4,5)20-15-14-18-12-8-9-13-19(18)20/h8-9,12-13,18-20H,6-7,10-11,14-17H2,1-5H3. The average Bonchev–Trinajstić information content (AvgIpc) is 2.89. The van der Waals surface area contributed by atoms with Crippen LogP contribution in [0.15, 0.2) is 24.3 Å². The lowest BCUT2D eigenvalue weighted by atomic mass is 9.92. The minimum atomic E-state index is -1.09. The summed E-state index contributed by atoms with van der Waals surface area (Å²) in [7, 11) is -1.09. The SMILES string of the molecule is CC(C)(C)OCCCCCC[Si](C)(C)C1CCC2C=CC=CC21. The summed E-state index contributed by atoms with van der Waals surface area (Å²) in [6, 6.07) is 1.51. The van der Waals surface area contributed by atoms with E-state index < -0.39 is 8.07 Å². The van der Waals surface area contributed by atoms with E-state index in [1.165, 1.54) is 44.6 Å². The Morgan fingerprint density at radius 2 is 1.65 bits per heavy atom. The van der Waals surface area contributed by atoms with Gasteiger partial charge in [-0.1, -0.05) is 69.1 Å². The van der Waals surface area contributed by atoms with Gasteiger partial charge >= 0.3 is 0 Å². The smallest absolute Gasteiger partial charge is 0.0598 e. The highest BCUT2D eigenvalue weighted by Gasteiger charge is 2.42. The molecule has 0 N–H and O–H groups in total. The maximum absolute atomic E-state index is 5.81. The first-order chi connectivity index (χ1) is 10.8. The number of hydrogen-bond acceptors (Lipinski definition) is 1. The third-order valence-electron chi connectivity index (χ3n) is 5.83. The number of hydrogen-bond donors (Lipinski definition) is 0. The van der Waals surface area contributed by atoms with Crippen molar-refractivity contribution < 1.29 is 4.74 Å². The molecule has 2 rings (SSSR count). The predicted octanol–water partition coefficient (Wildman–Crippen LogP) is 6.59. The van der Waals surface area contributed by atoms with E-state index in [0.29, 0.717) is 0 Å². The first-order valence-electron chi connectivity index (χ1n) is 9.78. The molecule has 0 bridgehead atoms. The van der Waals surface area contributed by atoms with Crippen molar-refractivity contribution in [2.45, 2.75) is 89.6 Å². The number of unbranched alkanes of at least 4 members (excludes halogenated alkanes) is 3. The fourth-order valence-electron chi connectivity index (χ4n) is 4.47. The minimum Gasteiger partial charge on any atom is -0.376 e. The molecule has 2 heteroatoms. The van der Waals surface area contributed by atoms with E-state index in [2.05, 4.69) is 58.2 Å². The van der Waals surface area contributed by atoms with E-state index in [4.69, 9.17) is 4.74 Å². The van der Waals surface area contributed by atoms with Crippen molar-refractivity contribution in [3.05, 3.63) is 24.3 Å². The fraction of sp³-hybridized carbons (Fsp3) is 0.810. The molecule has 0 aliphatic heterocycles. The van der Waals surface area contributed by atoms with Gasteiger partial charge in [0.15, 0.2) is 0 Å². The third kappa shape index (κ3) is 5.90. The van der Waals surface area contributed by atoms with Gasteiger partial charge in [0.05, 0.1) is 13.7 Å². The molecule has 1 nitrogen and oxygen atoms in total. The molecular weight excluding hydrogens is 296 g/mol. The number of allylic oxidation sites excluding steroid dienone is 4. The molecule has 0 heterocycles. The fourth-order valence-corrected chi connectivity index (χ4v) is 8.35. The van der Waals surface area contributed by atoms with E-state index in [1.807, 2.05) is 0 Å². The van der Waals surface area contributed by atoms with E-state index in [-0.39, 0.29) is 5.60 Å². The molecule has 3 atom stereocenters. The molecule has 2 aliphatic carbocycles. The maximum Gasteiger partial charge on any atom is 0.0598 e. The van der Waals surface area contributed by atoms with Crippen molar-refractivity contribution in [1.29, 1.82) is 0 Å². The second-order valence-electron chi connectivity index (χ2n) is 9.31. The van der Waals surface area contributed by atoms with Crippen molar-refractivity contribution >= 4 is 8.07 Å². The van der Waals surface area contributed by atoms with Crippen LogP contribution in [-0.2, 0) is 4.74 Å². The molecule has 0 saturated heterocycles. The minimum absolute atomic E-state index is 0.0237. The van der Waals surface area contributed by atoms with Crippen LogP contribution in [0.2, 0.25) is 24.7 Å². The van der Waals surface area contributed by atoms with Gasteiger partial charge < -0.3 is 4.74 Å². The molecule has 0 radical (unpaired) electrons. The van der Waals surface area contributed by atoms with Crippen LogP contribution >= 0.6 is 0 Å².